The molecule has 1 saturated heterocycles. The van der Waals surface area contributed by atoms with Crippen LogP contribution in [0, 0.1) is 0 Å². The van der Waals surface area contributed by atoms with Crippen molar-refractivity contribution in [2.45, 2.75) is 13.0 Å². The highest BCUT2D eigenvalue weighted by atomic mass is 32.2. The van der Waals surface area contributed by atoms with Gasteiger partial charge in [0.25, 0.3) is 5.91 Å². The van der Waals surface area contributed by atoms with Gasteiger partial charge in [-0.05, 0) is 55.1 Å². The number of nitrogens with zero attached hydrogens (tertiary/aromatic N) is 2. The van der Waals surface area contributed by atoms with Crippen LogP contribution in [0.25, 0.3) is 6.08 Å². The first-order valence-corrected chi connectivity index (χ1v) is 9.66. The minimum Gasteiger partial charge on any atom is -0.479 e. The number of aromatic carboxylic acids is 1. The summed E-state index contributed by atoms with van der Waals surface area (Å²) >= 11 is 1.16. The smallest absolute Gasteiger partial charge is 0.344 e. The summed E-state index contributed by atoms with van der Waals surface area (Å²) in [6.07, 6.45) is 0.591. The van der Waals surface area contributed by atoms with E-state index in [9.17, 15) is 14.4 Å². The van der Waals surface area contributed by atoms with Crippen molar-refractivity contribution >= 4 is 46.5 Å². The molecule has 2 aromatic rings. The Kier molecular flexibility index (Phi) is 6.22. The lowest BCUT2D eigenvalue weighted by Gasteiger charge is -2.12. The molecule has 0 bridgehead atoms. The zero-order chi connectivity index (χ0) is 21.8. The van der Waals surface area contributed by atoms with Gasteiger partial charge in [0.2, 0.25) is 0 Å². The Morgan fingerprint density at radius 3 is 2.43 bits per heavy atom. The number of ether oxygens (including phenoxy) is 1. The van der Waals surface area contributed by atoms with Gasteiger partial charge in [-0.25, -0.2) is 14.6 Å². The van der Waals surface area contributed by atoms with Crippen molar-refractivity contribution in [3.63, 3.8) is 0 Å². The molecule has 1 fully saturated rings. The van der Waals surface area contributed by atoms with Gasteiger partial charge in [0, 0.05) is 12.6 Å². The molecule has 30 heavy (non-hydrogen) atoms. The van der Waals surface area contributed by atoms with Crippen LogP contribution < -0.4 is 4.74 Å². The predicted molar refractivity (Wildman–Crippen MR) is 113 cm³/mol. The first-order chi connectivity index (χ1) is 14.3. The number of thioether (sulfide) groups is 1. The molecular weight excluding hydrogens is 408 g/mol. The van der Waals surface area contributed by atoms with Gasteiger partial charge >= 0.3 is 11.9 Å². The van der Waals surface area contributed by atoms with Gasteiger partial charge < -0.3 is 14.9 Å². The van der Waals surface area contributed by atoms with Gasteiger partial charge in [-0.2, -0.15) is 0 Å². The second kappa shape index (κ2) is 8.83. The maximum Gasteiger partial charge on any atom is 0.344 e. The number of aliphatic imine (C=N–C) groups is 1. The van der Waals surface area contributed by atoms with Crippen molar-refractivity contribution in [3.8, 4) is 5.75 Å². The van der Waals surface area contributed by atoms with Gasteiger partial charge in [0.1, 0.15) is 5.75 Å². The highest BCUT2D eigenvalue weighted by Gasteiger charge is 2.30. The maximum absolute atomic E-state index is 12.6. The normalized spacial score (nSPS) is 17.4. The summed E-state index contributed by atoms with van der Waals surface area (Å²) in [5, 5.41) is 18.5. The zero-order valence-electron chi connectivity index (χ0n) is 16.1. The summed E-state index contributed by atoms with van der Waals surface area (Å²) < 4.78 is 5.48. The zero-order valence-corrected chi connectivity index (χ0v) is 16.9. The topological polar surface area (TPSA) is 117 Å². The lowest BCUT2D eigenvalue weighted by molar-refractivity contribution is -0.144. The Labute approximate surface area is 176 Å². The van der Waals surface area contributed by atoms with E-state index in [0.29, 0.717) is 27.1 Å². The molecule has 2 aromatic carbocycles. The number of carbonyl (C=O) groups excluding carboxylic acids is 1. The highest BCUT2D eigenvalue weighted by molar-refractivity contribution is 8.18. The molecule has 3 rings (SSSR count). The molecule has 1 atom stereocenters. The highest BCUT2D eigenvalue weighted by Crippen LogP contribution is 2.34. The summed E-state index contributed by atoms with van der Waals surface area (Å²) in [6, 6.07) is 12.9. The Morgan fingerprint density at radius 1 is 1.13 bits per heavy atom. The van der Waals surface area contributed by atoms with E-state index in [1.54, 1.807) is 49.5 Å². The Morgan fingerprint density at radius 2 is 1.80 bits per heavy atom. The number of hydrogen-bond acceptors (Lipinski definition) is 6. The summed E-state index contributed by atoms with van der Waals surface area (Å²) in [6.45, 7) is 1.43. The third-order valence-electron chi connectivity index (χ3n) is 4.20. The lowest BCUT2D eigenvalue weighted by atomic mass is 10.2. The summed E-state index contributed by atoms with van der Waals surface area (Å²) in [7, 11) is 1.59. The van der Waals surface area contributed by atoms with Crippen LogP contribution in [0.15, 0.2) is 58.4 Å². The van der Waals surface area contributed by atoms with Crippen LogP contribution in [-0.4, -0.2) is 51.3 Å². The monoisotopic (exact) mass is 426 g/mol. The van der Waals surface area contributed by atoms with E-state index >= 15 is 0 Å². The number of likely N-dealkylation sites (N-methyl/N-ethyl adjacent to an activating group) is 1. The van der Waals surface area contributed by atoms with Crippen LogP contribution >= 0.6 is 11.8 Å². The summed E-state index contributed by atoms with van der Waals surface area (Å²) in [4.78, 5) is 40.9. The first kappa shape index (κ1) is 21.1. The molecule has 0 radical (unpaired) electrons. The largest absolute Gasteiger partial charge is 0.479 e. The molecule has 1 aliphatic rings. The van der Waals surface area contributed by atoms with Crippen molar-refractivity contribution in [1.82, 2.24) is 4.90 Å². The number of para-hydroxylation sites is 1. The van der Waals surface area contributed by atoms with Crippen molar-refractivity contribution < 1.29 is 29.3 Å². The van der Waals surface area contributed by atoms with E-state index in [0.717, 1.165) is 11.8 Å². The average Bonchev–Trinajstić information content (AvgIpc) is 2.97. The van der Waals surface area contributed by atoms with Crippen molar-refractivity contribution in [3.05, 3.63) is 64.6 Å². The molecule has 9 heteroatoms. The Hall–Kier alpha value is -3.59. The minimum atomic E-state index is -1.09. The molecule has 0 saturated carbocycles. The summed E-state index contributed by atoms with van der Waals surface area (Å²) in [5.74, 6) is -2.03. The second-order valence-electron chi connectivity index (χ2n) is 6.36. The number of benzene rings is 2. The number of amides is 1. The molecule has 1 unspecified atom stereocenters. The predicted octanol–water partition coefficient (Wildman–Crippen LogP) is 3.47. The van der Waals surface area contributed by atoms with E-state index in [1.807, 2.05) is 0 Å². The number of hydrogen-bond donors (Lipinski definition) is 2. The molecule has 8 nitrogen and oxygen atoms in total. The summed E-state index contributed by atoms with van der Waals surface area (Å²) in [5.41, 5.74) is 1.24. The Balaban J connectivity index is 1.87. The minimum absolute atomic E-state index is 0.148. The van der Waals surface area contributed by atoms with Crippen LogP contribution in [0.1, 0.15) is 22.8 Å². The van der Waals surface area contributed by atoms with Crippen molar-refractivity contribution in [2.24, 2.45) is 4.99 Å². The van der Waals surface area contributed by atoms with Gasteiger partial charge in [-0.1, -0.05) is 18.2 Å². The number of carbonyl (C=O) groups is 3. The molecule has 0 aromatic heterocycles. The van der Waals surface area contributed by atoms with E-state index in [1.165, 1.54) is 24.0 Å². The van der Waals surface area contributed by atoms with Gasteiger partial charge in [0.05, 0.1) is 16.2 Å². The molecule has 1 amide bonds. The fourth-order valence-corrected chi connectivity index (χ4v) is 3.51. The van der Waals surface area contributed by atoms with Gasteiger partial charge in [-0.15, -0.1) is 0 Å². The van der Waals surface area contributed by atoms with Crippen LogP contribution in [-0.2, 0) is 9.59 Å². The van der Waals surface area contributed by atoms with Crippen LogP contribution in [0.3, 0.4) is 0 Å². The number of rotatable bonds is 6. The Bertz CT molecular complexity index is 1060. The van der Waals surface area contributed by atoms with Crippen LogP contribution in [0.5, 0.6) is 5.75 Å². The number of aliphatic carboxylic acids is 1. The maximum atomic E-state index is 12.6. The molecule has 1 aliphatic heterocycles. The quantitative estimate of drug-likeness (QED) is 0.679. The third-order valence-corrected chi connectivity index (χ3v) is 5.26. The lowest BCUT2D eigenvalue weighted by Crippen LogP contribution is -2.24. The number of carboxylic acids is 2. The molecule has 0 aliphatic carbocycles. The van der Waals surface area contributed by atoms with Crippen molar-refractivity contribution in [2.75, 3.05) is 7.05 Å². The first-order valence-electron chi connectivity index (χ1n) is 8.84. The fraction of sp³-hybridized carbons (Fsp3) is 0.143. The molecule has 0 spiro atoms. The fourth-order valence-electron chi connectivity index (χ4n) is 2.53. The van der Waals surface area contributed by atoms with Gasteiger partial charge in [-0.3, -0.25) is 9.69 Å². The van der Waals surface area contributed by atoms with E-state index < -0.39 is 18.0 Å². The van der Waals surface area contributed by atoms with Crippen molar-refractivity contribution in [1.29, 1.82) is 0 Å². The third kappa shape index (κ3) is 4.69. The van der Waals surface area contributed by atoms with Crippen LogP contribution in [0.2, 0.25) is 0 Å². The van der Waals surface area contributed by atoms with E-state index in [4.69, 9.17) is 14.9 Å². The average molecular weight is 426 g/mol. The standard InChI is InChI=1S/C21H18N2O6S/c1-12(19(25)26)29-16-6-4-3-5-14(16)11-17-18(24)23(2)21(30-17)22-15-9-7-13(8-10-15)20(27)28/h3-12H,1-2H3,(H,25,26)(H,27,28)/b17-11-,22-21?. The van der Waals surface area contributed by atoms with Gasteiger partial charge in [0.15, 0.2) is 11.3 Å². The van der Waals surface area contributed by atoms with Crippen LogP contribution in [0.4, 0.5) is 5.69 Å². The molecule has 2 N–H and O–H groups in total. The number of amidine groups is 1. The second-order valence-corrected chi connectivity index (χ2v) is 7.37. The van der Waals surface area contributed by atoms with E-state index in [2.05, 4.69) is 4.99 Å². The van der Waals surface area contributed by atoms with E-state index in [-0.39, 0.29) is 11.5 Å². The molecular formula is C21H18N2O6S. The molecule has 154 valence electrons. The molecule has 1 heterocycles. The SMILES string of the molecule is CC(Oc1ccccc1/C=C1\SC(=Nc2ccc(C(=O)O)cc2)N(C)C1=O)C(=O)O. The number of carboxylic acid groups (broad SMARTS) is 2.